The molecule has 0 aliphatic rings. The maximum Gasteiger partial charge on any atom is 0.159 e. The highest BCUT2D eigenvalue weighted by molar-refractivity contribution is 7.26. The first-order valence-corrected chi connectivity index (χ1v) is 22.8. The maximum absolute atomic E-state index is 7.02. The quantitative estimate of drug-likeness (QED) is 0.152. The highest BCUT2D eigenvalue weighted by Gasteiger charge is 2.24. The number of nitrogens with zero attached hydrogens (tertiary/aromatic N) is 3. The average molecular weight is 850 g/mol. The molecule has 4 nitrogen and oxygen atoms in total. The minimum Gasteiger partial charge on any atom is -0.454 e. The second-order valence-electron chi connectivity index (χ2n) is 16.5. The van der Waals surface area contributed by atoms with E-state index in [4.69, 9.17) is 4.42 Å². The summed E-state index contributed by atoms with van der Waals surface area (Å²) in [5.74, 6) is 0. The summed E-state index contributed by atoms with van der Waals surface area (Å²) in [6.45, 7) is 0. The van der Waals surface area contributed by atoms with Crippen LogP contribution in [0.2, 0.25) is 0 Å². The Morgan fingerprint density at radius 2 is 0.892 bits per heavy atom. The molecule has 10 aromatic carbocycles. The van der Waals surface area contributed by atoms with Gasteiger partial charge in [0.05, 0.1) is 27.1 Å². The van der Waals surface area contributed by atoms with E-state index in [-0.39, 0.29) is 0 Å². The van der Waals surface area contributed by atoms with Crippen molar-refractivity contribution in [3.63, 3.8) is 0 Å². The van der Waals surface area contributed by atoms with Gasteiger partial charge in [-0.15, -0.1) is 11.3 Å². The van der Waals surface area contributed by atoms with Gasteiger partial charge in [0.1, 0.15) is 5.58 Å². The largest absolute Gasteiger partial charge is 0.454 e. The lowest BCUT2D eigenvalue weighted by Gasteiger charge is -2.29. The predicted octanol–water partition coefficient (Wildman–Crippen LogP) is 17.7. The van der Waals surface area contributed by atoms with Crippen LogP contribution in [0.15, 0.2) is 241 Å². The van der Waals surface area contributed by atoms with Crippen LogP contribution in [0, 0.1) is 0 Å². The van der Waals surface area contributed by atoms with Gasteiger partial charge in [-0.25, -0.2) is 0 Å². The Hall–Kier alpha value is -8.38. The molecule has 0 aliphatic heterocycles. The molecule has 0 aliphatic carbocycles. The molecule has 0 N–H and O–H groups in total. The minimum atomic E-state index is 0.823. The number of rotatable bonds is 8. The monoisotopic (exact) mass is 849 g/mol. The highest BCUT2D eigenvalue weighted by atomic mass is 32.1. The third-order valence-corrected chi connectivity index (χ3v) is 13.9. The zero-order valence-corrected chi connectivity index (χ0v) is 36.0. The molecule has 5 heteroatoms. The maximum atomic E-state index is 7.02. The zero-order chi connectivity index (χ0) is 42.8. The van der Waals surface area contributed by atoms with E-state index in [0.717, 1.165) is 67.2 Å². The summed E-state index contributed by atoms with van der Waals surface area (Å²) in [4.78, 5) is 4.65. The summed E-state index contributed by atoms with van der Waals surface area (Å²) < 4.78 is 12.1. The fourth-order valence-corrected chi connectivity index (χ4v) is 11.0. The number of fused-ring (bicyclic) bond motifs is 9. The summed E-state index contributed by atoms with van der Waals surface area (Å²) >= 11 is 1.87. The molecule has 0 amide bonds. The van der Waals surface area contributed by atoms with Crippen molar-refractivity contribution in [3.05, 3.63) is 237 Å². The molecule has 0 bridgehead atoms. The molecule has 0 fully saturated rings. The first-order valence-electron chi connectivity index (χ1n) is 22.0. The van der Waals surface area contributed by atoms with E-state index in [9.17, 15) is 0 Å². The highest BCUT2D eigenvalue weighted by Crippen LogP contribution is 2.48. The number of hydrogen-bond donors (Lipinski definition) is 0. The third-order valence-electron chi connectivity index (χ3n) is 12.7. The van der Waals surface area contributed by atoms with Gasteiger partial charge in [0, 0.05) is 65.5 Å². The van der Waals surface area contributed by atoms with Crippen molar-refractivity contribution in [3.8, 4) is 16.8 Å². The van der Waals surface area contributed by atoms with Crippen molar-refractivity contribution >= 4 is 109 Å². The van der Waals surface area contributed by atoms with Gasteiger partial charge in [-0.3, -0.25) is 0 Å². The van der Waals surface area contributed by atoms with Crippen LogP contribution in [0.1, 0.15) is 0 Å². The SMILES string of the molecule is c1ccc(N(c2ccccc2)c2cc(N(c3ccccc3)c3ccccc3)c3oc4ccc(-c5ccc6c(c5)c5ccccc5n6-c5cccc6c5sc5ccccc56)cc4c3c2)cc1. The molecule has 0 radical (unpaired) electrons. The van der Waals surface area contributed by atoms with E-state index in [1.165, 1.54) is 47.7 Å². The molecule has 0 spiro atoms. The number of benzene rings is 10. The van der Waals surface area contributed by atoms with E-state index in [1.54, 1.807) is 0 Å². The van der Waals surface area contributed by atoms with Crippen LogP contribution in [0.4, 0.5) is 34.1 Å². The second kappa shape index (κ2) is 15.2. The Kier molecular flexibility index (Phi) is 8.68. The summed E-state index contributed by atoms with van der Waals surface area (Å²) in [6.07, 6.45) is 0. The number of furan rings is 1. The number of para-hydroxylation sites is 5. The molecule has 0 saturated heterocycles. The smallest absolute Gasteiger partial charge is 0.159 e. The van der Waals surface area contributed by atoms with E-state index < -0.39 is 0 Å². The Balaban J connectivity index is 1.03. The number of anilines is 6. The van der Waals surface area contributed by atoms with Gasteiger partial charge in [0.25, 0.3) is 0 Å². The van der Waals surface area contributed by atoms with Gasteiger partial charge in [-0.2, -0.15) is 0 Å². The molecule has 0 unspecified atom stereocenters. The van der Waals surface area contributed by atoms with Crippen LogP contribution in [-0.4, -0.2) is 4.57 Å². The third kappa shape index (κ3) is 6.12. The van der Waals surface area contributed by atoms with Crippen molar-refractivity contribution in [2.24, 2.45) is 0 Å². The number of aromatic nitrogens is 1. The molecule has 13 rings (SSSR count). The van der Waals surface area contributed by atoms with Crippen LogP contribution in [0.25, 0.3) is 80.7 Å². The standard InChI is InChI=1S/C60H39N3OS/c1-5-18-42(19-6-1)61(43-20-7-2-8-21-43)46-38-52-51-37-41(33-35-57(51)64-59(52)56(39-46)62(44-22-9-3-10-23-44)45-24-11-4-12-25-45)40-32-34-54-50(36-40)47-26-13-15-29-53(47)63(54)55-30-17-28-49-48-27-14-16-31-58(48)65-60(49)55/h1-39H. The van der Waals surface area contributed by atoms with Gasteiger partial charge in [0.15, 0.2) is 5.58 Å². The second-order valence-corrected chi connectivity index (χ2v) is 17.6. The van der Waals surface area contributed by atoms with Gasteiger partial charge in [-0.05, 0) is 114 Å². The summed E-state index contributed by atoms with van der Waals surface area (Å²) in [5.41, 5.74) is 13.7. The lowest BCUT2D eigenvalue weighted by atomic mass is 10.00. The van der Waals surface area contributed by atoms with E-state index >= 15 is 0 Å². The normalized spacial score (nSPS) is 11.7. The fourth-order valence-electron chi connectivity index (χ4n) is 9.82. The van der Waals surface area contributed by atoms with Crippen molar-refractivity contribution < 1.29 is 4.42 Å². The summed E-state index contributed by atoms with van der Waals surface area (Å²) in [6, 6.07) is 84.9. The topological polar surface area (TPSA) is 24.6 Å². The lowest BCUT2D eigenvalue weighted by molar-refractivity contribution is 0.669. The molecular formula is C60H39N3OS. The Morgan fingerprint density at radius 1 is 0.354 bits per heavy atom. The van der Waals surface area contributed by atoms with Gasteiger partial charge >= 0.3 is 0 Å². The minimum absolute atomic E-state index is 0.823. The molecule has 65 heavy (non-hydrogen) atoms. The summed E-state index contributed by atoms with van der Waals surface area (Å²) in [5, 5.41) is 7.15. The molecule has 3 heterocycles. The van der Waals surface area contributed by atoms with Gasteiger partial charge < -0.3 is 18.8 Å². The number of thiophene rings is 1. The van der Waals surface area contributed by atoms with E-state index in [0.29, 0.717) is 0 Å². The average Bonchev–Trinajstić information content (AvgIpc) is 4.05. The molecule has 306 valence electrons. The van der Waals surface area contributed by atoms with Crippen LogP contribution >= 0.6 is 11.3 Å². The first-order chi connectivity index (χ1) is 32.2. The molecule has 0 saturated carbocycles. The number of hydrogen-bond acceptors (Lipinski definition) is 4. The lowest BCUT2D eigenvalue weighted by Crippen LogP contribution is -2.13. The molecular weight excluding hydrogens is 811 g/mol. The van der Waals surface area contributed by atoms with Gasteiger partial charge in [0.2, 0.25) is 0 Å². The molecule has 13 aromatic rings. The first kappa shape index (κ1) is 37.2. The molecule has 3 aromatic heterocycles. The zero-order valence-electron chi connectivity index (χ0n) is 35.2. The van der Waals surface area contributed by atoms with Gasteiger partial charge in [-0.1, -0.05) is 133 Å². The summed E-state index contributed by atoms with van der Waals surface area (Å²) in [7, 11) is 0. The van der Waals surface area contributed by atoms with Crippen LogP contribution < -0.4 is 9.80 Å². The van der Waals surface area contributed by atoms with Crippen LogP contribution in [0.5, 0.6) is 0 Å². The van der Waals surface area contributed by atoms with Crippen molar-refractivity contribution in [2.45, 2.75) is 0 Å². The van der Waals surface area contributed by atoms with E-state index in [1.807, 2.05) is 11.3 Å². The Labute approximate surface area is 379 Å². The fraction of sp³-hybridized carbons (Fsp3) is 0. The van der Waals surface area contributed by atoms with Crippen molar-refractivity contribution in [1.82, 2.24) is 4.57 Å². The Bertz CT molecular complexity index is 3810. The predicted molar refractivity (Wildman–Crippen MR) is 276 cm³/mol. The van der Waals surface area contributed by atoms with Crippen LogP contribution in [-0.2, 0) is 0 Å². The van der Waals surface area contributed by atoms with Crippen molar-refractivity contribution in [1.29, 1.82) is 0 Å². The van der Waals surface area contributed by atoms with Crippen molar-refractivity contribution in [2.75, 3.05) is 9.80 Å². The van der Waals surface area contributed by atoms with Crippen LogP contribution in [0.3, 0.4) is 0 Å². The Morgan fingerprint density at radius 3 is 1.57 bits per heavy atom. The van der Waals surface area contributed by atoms with E-state index in [2.05, 4.69) is 251 Å². The molecule has 0 atom stereocenters.